The molecule has 0 radical (unpaired) electrons. The van der Waals surface area contributed by atoms with Gasteiger partial charge >= 0.3 is 0 Å². The zero-order valence-electron chi connectivity index (χ0n) is 20.3. The van der Waals surface area contributed by atoms with E-state index < -0.39 is 12.0 Å². The Hall–Kier alpha value is -3.53. The van der Waals surface area contributed by atoms with Crippen LogP contribution in [0, 0.1) is 13.5 Å². The van der Waals surface area contributed by atoms with Crippen LogP contribution in [0.5, 0.6) is 5.75 Å². The lowest BCUT2D eigenvalue weighted by Gasteiger charge is -2.28. The van der Waals surface area contributed by atoms with Gasteiger partial charge in [-0.1, -0.05) is 78.0 Å². The summed E-state index contributed by atoms with van der Waals surface area (Å²) in [5.41, 5.74) is 4.65. The van der Waals surface area contributed by atoms with Gasteiger partial charge in [0.15, 0.2) is 5.04 Å². The summed E-state index contributed by atoms with van der Waals surface area (Å²) in [4.78, 5) is 22.4. The SMILES string of the molecule is [C-]#[N+]C1C(SCc2ccccc2C)=NC(C)=C(C(=O)Nc2ccccc2OC)C1c1ccccc1Cl. The Kier molecular flexibility index (Phi) is 8.14. The highest BCUT2D eigenvalue weighted by Crippen LogP contribution is 2.42. The molecule has 0 aromatic heterocycles. The van der Waals surface area contributed by atoms with Crippen molar-refractivity contribution >= 4 is 40.0 Å². The average Bonchev–Trinajstić information content (AvgIpc) is 2.88. The standard InChI is InChI=1S/C29H26ClN3O2S/c1-18-11-5-6-12-20(18)17-36-29-27(31-3)26(21-13-7-8-14-22(21)30)25(19(2)32-29)28(34)33-23-15-9-10-16-24(23)35-4/h5-16,26-27H,17H2,1-2,4H3,(H,33,34). The van der Waals surface area contributed by atoms with Gasteiger partial charge in [-0.15, -0.1) is 0 Å². The van der Waals surface area contributed by atoms with Crippen LogP contribution in [0.15, 0.2) is 89.1 Å². The van der Waals surface area contributed by atoms with Crippen LogP contribution in [0.1, 0.15) is 29.5 Å². The number of halogens is 1. The van der Waals surface area contributed by atoms with Gasteiger partial charge in [-0.25, -0.2) is 11.6 Å². The maximum atomic E-state index is 13.7. The predicted octanol–water partition coefficient (Wildman–Crippen LogP) is 7.29. The second-order valence-corrected chi connectivity index (χ2v) is 9.79. The Morgan fingerprint density at radius 1 is 1.08 bits per heavy atom. The zero-order chi connectivity index (χ0) is 25.7. The molecule has 0 aliphatic carbocycles. The third-order valence-electron chi connectivity index (χ3n) is 6.16. The average molecular weight is 516 g/mol. The van der Waals surface area contributed by atoms with E-state index in [1.54, 1.807) is 25.3 Å². The molecule has 182 valence electrons. The number of nitrogens with one attached hydrogen (secondary N) is 1. The Labute approximate surface area is 221 Å². The lowest BCUT2D eigenvalue weighted by molar-refractivity contribution is -0.113. The van der Waals surface area contributed by atoms with E-state index in [9.17, 15) is 4.79 Å². The van der Waals surface area contributed by atoms with Gasteiger partial charge in [0.2, 0.25) is 0 Å². The molecular weight excluding hydrogens is 490 g/mol. The van der Waals surface area contributed by atoms with Gasteiger partial charge in [0.25, 0.3) is 11.9 Å². The predicted molar refractivity (Wildman–Crippen MR) is 149 cm³/mol. The second kappa shape index (κ2) is 11.5. The Bertz CT molecular complexity index is 1390. The molecule has 0 saturated carbocycles. The maximum Gasteiger partial charge on any atom is 0.282 e. The molecule has 36 heavy (non-hydrogen) atoms. The minimum atomic E-state index is -0.680. The Morgan fingerprint density at radius 3 is 2.50 bits per heavy atom. The molecule has 1 amide bonds. The molecule has 0 fully saturated rings. The van der Waals surface area contributed by atoms with Crippen molar-refractivity contribution in [2.24, 2.45) is 4.99 Å². The minimum absolute atomic E-state index is 0.331. The highest BCUT2D eigenvalue weighted by Gasteiger charge is 2.44. The minimum Gasteiger partial charge on any atom is -0.495 e. The molecule has 5 nitrogen and oxygen atoms in total. The molecule has 1 aliphatic rings. The van der Waals surface area contributed by atoms with Crippen molar-refractivity contribution in [3.63, 3.8) is 0 Å². The number of carbonyl (C=O) groups excluding carboxylic acids is 1. The first-order valence-corrected chi connectivity index (χ1v) is 12.8. The van der Waals surface area contributed by atoms with Crippen LogP contribution >= 0.6 is 23.4 Å². The second-order valence-electron chi connectivity index (χ2n) is 8.39. The topological polar surface area (TPSA) is 55.0 Å². The number of amides is 1. The number of allylic oxidation sites excluding steroid dienone is 1. The van der Waals surface area contributed by atoms with Crippen LogP contribution in [0.3, 0.4) is 0 Å². The quantitative estimate of drug-likeness (QED) is 0.351. The lowest BCUT2D eigenvalue weighted by atomic mass is 9.82. The van der Waals surface area contributed by atoms with E-state index in [4.69, 9.17) is 27.9 Å². The number of hydrogen-bond donors (Lipinski definition) is 1. The van der Waals surface area contributed by atoms with E-state index in [0.29, 0.717) is 38.5 Å². The normalized spacial score (nSPS) is 17.2. The summed E-state index contributed by atoms with van der Waals surface area (Å²) >= 11 is 8.16. The number of thioether (sulfide) groups is 1. The molecule has 0 spiro atoms. The van der Waals surface area contributed by atoms with Crippen molar-refractivity contribution in [2.45, 2.75) is 31.6 Å². The molecular formula is C29H26ClN3O2S. The van der Waals surface area contributed by atoms with E-state index in [2.05, 4.69) is 29.2 Å². The number of ether oxygens (including phenoxy) is 1. The van der Waals surface area contributed by atoms with Gasteiger partial charge in [0.1, 0.15) is 5.75 Å². The van der Waals surface area contributed by atoms with Crippen molar-refractivity contribution in [1.29, 1.82) is 0 Å². The Morgan fingerprint density at radius 2 is 1.78 bits per heavy atom. The summed E-state index contributed by atoms with van der Waals surface area (Å²) < 4.78 is 5.40. The third kappa shape index (κ3) is 5.33. The monoisotopic (exact) mass is 515 g/mol. The highest BCUT2D eigenvalue weighted by molar-refractivity contribution is 8.13. The summed E-state index contributed by atoms with van der Waals surface area (Å²) in [6.07, 6.45) is 0. The van der Waals surface area contributed by atoms with Gasteiger partial charge in [0.05, 0.1) is 24.3 Å². The van der Waals surface area contributed by atoms with Gasteiger partial charge in [0, 0.05) is 16.5 Å². The molecule has 1 heterocycles. The number of aliphatic imine (C=N–C) groups is 1. The number of nitrogens with zero attached hydrogens (tertiary/aromatic N) is 2. The van der Waals surface area contributed by atoms with Crippen LogP contribution in [-0.2, 0) is 10.5 Å². The first-order valence-electron chi connectivity index (χ1n) is 11.5. The number of carbonyl (C=O) groups is 1. The van der Waals surface area contributed by atoms with Crippen molar-refractivity contribution in [2.75, 3.05) is 12.4 Å². The number of para-hydroxylation sites is 2. The van der Waals surface area contributed by atoms with Crippen LogP contribution < -0.4 is 10.1 Å². The van der Waals surface area contributed by atoms with Gasteiger partial charge in [-0.2, -0.15) is 0 Å². The maximum absolute atomic E-state index is 13.7. The molecule has 2 atom stereocenters. The number of methoxy groups -OCH3 is 1. The fraction of sp³-hybridized carbons (Fsp3) is 0.207. The smallest absolute Gasteiger partial charge is 0.282 e. The number of aryl methyl sites for hydroxylation is 1. The molecule has 3 aromatic rings. The Balaban J connectivity index is 1.76. The molecule has 0 bridgehead atoms. The van der Waals surface area contributed by atoms with E-state index >= 15 is 0 Å². The molecule has 2 unspecified atom stereocenters. The fourth-order valence-corrected chi connectivity index (χ4v) is 5.73. The first kappa shape index (κ1) is 25.6. The summed E-state index contributed by atoms with van der Waals surface area (Å²) in [5, 5.41) is 4.16. The van der Waals surface area contributed by atoms with Gasteiger partial charge in [-0.05, 0) is 48.7 Å². The van der Waals surface area contributed by atoms with Crippen LogP contribution in [0.2, 0.25) is 5.02 Å². The molecule has 7 heteroatoms. The summed E-state index contributed by atoms with van der Waals surface area (Å²) in [6.45, 7) is 12.0. The van der Waals surface area contributed by atoms with Gasteiger partial charge < -0.3 is 14.9 Å². The molecule has 3 aromatic carbocycles. The zero-order valence-corrected chi connectivity index (χ0v) is 21.9. The third-order valence-corrected chi connectivity index (χ3v) is 7.59. The van der Waals surface area contributed by atoms with E-state index in [1.165, 1.54) is 22.9 Å². The number of anilines is 1. The van der Waals surface area contributed by atoms with Gasteiger partial charge in [-0.3, -0.25) is 4.79 Å². The number of rotatable bonds is 6. The molecule has 1 aliphatic heterocycles. The summed E-state index contributed by atoms with van der Waals surface area (Å²) in [6, 6.07) is 22.1. The van der Waals surface area contributed by atoms with Crippen molar-refractivity contribution in [3.8, 4) is 5.75 Å². The van der Waals surface area contributed by atoms with E-state index in [1.807, 2.05) is 49.4 Å². The van der Waals surface area contributed by atoms with E-state index in [0.717, 1.165) is 5.56 Å². The lowest BCUT2D eigenvalue weighted by Crippen LogP contribution is -2.34. The first-order chi connectivity index (χ1) is 17.4. The van der Waals surface area contributed by atoms with Crippen LogP contribution in [0.25, 0.3) is 4.85 Å². The number of benzene rings is 3. The van der Waals surface area contributed by atoms with Crippen molar-refractivity contribution < 1.29 is 9.53 Å². The van der Waals surface area contributed by atoms with E-state index in [-0.39, 0.29) is 5.91 Å². The van der Waals surface area contributed by atoms with Crippen molar-refractivity contribution in [1.82, 2.24) is 0 Å². The van der Waals surface area contributed by atoms with Crippen LogP contribution in [0.4, 0.5) is 5.69 Å². The highest BCUT2D eigenvalue weighted by atomic mass is 35.5. The molecule has 4 rings (SSSR count). The molecule has 1 N–H and O–H groups in total. The number of hydrogen-bond acceptors (Lipinski definition) is 4. The largest absolute Gasteiger partial charge is 0.495 e. The van der Waals surface area contributed by atoms with Crippen molar-refractivity contribution in [3.05, 3.63) is 117 Å². The summed E-state index contributed by atoms with van der Waals surface area (Å²) in [7, 11) is 1.56. The summed E-state index contributed by atoms with van der Waals surface area (Å²) in [5.74, 6) is 0.335. The fourth-order valence-electron chi connectivity index (χ4n) is 4.28. The van der Waals surface area contributed by atoms with Crippen LogP contribution in [-0.4, -0.2) is 24.1 Å². The molecule has 0 saturated heterocycles.